The van der Waals surface area contributed by atoms with E-state index >= 15 is 0 Å². The number of benzene rings is 1. The fourth-order valence-electron chi connectivity index (χ4n) is 4.25. The first-order chi connectivity index (χ1) is 16.3. The molecule has 1 aromatic heterocycles. The van der Waals surface area contributed by atoms with Crippen LogP contribution in [0.4, 0.5) is 0 Å². The third-order valence-corrected chi connectivity index (χ3v) is 7.50. The van der Waals surface area contributed by atoms with E-state index in [1.807, 2.05) is 38.1 Å². The molecule has 1 saturated heterocycles. The summed E-state index contributed by atoms with van der Waals surface area (Å²) in [6.45, 7) is 6.60. The number of carbonyl (C=O) groups is 1. The van der Waals surface area contributed by atoms with Crippen LogP contribution in [-0.2, 0) is 14.8 Å². The van der Waals surface area contributed by atoms with Gasteiger partial charge in [0, 0.05) is 44.5 Å². The number of allylic oxidation sites excluding steroid dienone is 2. The first-order valence-corrected chi connectivity index (χ1v) is 12.8. The molecule has 1 atom stereocenters. The van der Waals surface area contributed by atoms with E-state index in [1.165, 1.54) is 0 Å². The molecule has 5 rings (SSSR count). The number of sulfonamides is 1. The molecule has 0 saturated carbocycles. The van der Waals surface area contributed by atoms with Crippen LogP contribution in [0.2, 0.25) is 0 Å². The molecular formula is C23H26N6O4S. The van der Waals surface area contributed by atoms with Crippen LogP contribution in [-0.4, -0.2) is 83.5 Å². The number of fused-ring (bicyclic) bond motifs is 1. The van der Waals surface area contributed by atoms with Crippen molar-refractivity contribution in [3.8, 4) is 11.4 Å². The molecule has 178 valence electrons. The van der Waals surface area contributed by atoms with Crippen molar-refractivity contribution in [2.75, 3.05) is 38.5 Å². The third-order valence-electron chi connectivity index (χ3n) is 6.35. The van der Waals surface area contributed by atoms with E-state index < -0.39 is 10.0 Å². The molecule has 1 fully saturated rings. The van der Waals surface area contributed by atoms with Crippen molar-refractivity contribution in [2.45, 2.75) is 19.9 Å². The zero-order valence-electron chi connectivity index (χ0n) is 19.1. The highest BCUT2D eigenvalue weighted by Gasteiger charge is 2.34. The minimum atomic E-state index is -3.55. The summed E-state index contributed by atoms with van der Waals surface area (Å²) in [5.41, 5.74) is 2.38. The normalized spacial score (nSPS) is 21.0. The van der Waals surface area contributed by atoms with Gasteiger partial charge in [-0.1, -0.05) is 35.0 Å². The number of carbonyl (C=O) groups excluding carboxylic acids is 1. The molecule has 3 aliphatic heterocycles. The molecule has 0 aliphatic carbocycles. The number of piperazine rings is 1. The van der Waals surface area contributed by atoms with E-state index in [0.29, 0.717) is 50.0 Å². The Kier molecular flexibility index (Phi) is 5.82. The van der Waals surface area contributed by atoms with Gasteiger partial charge < -0.3 is 14.3 Å². The fraction of sp³-hybridized carbons (Fsp3) is 0.391. The summed E-state index contributed by atoms with van der Waals surface area (Å²) in [6.07, 6.45) is 5.14. The second-order valence-electron chi connectivity index (χ2n) is 8.64. The molecule has 11 heteroatoms. The van der Waals surface area contributed by atoms with Crippen molar-refractivity contribution in [3.05, 3.63) is 59.6 Å². The van der Waals surface area contributed by atoms with Crippen LogP contribution >= 0.6 is 0 Å². The topological polar surface area (TPSA) is 112 Å². The summed E-state index contributed by atoms with van der Waals surface area (Å²) < 4.78 is 33.4. The first kappa shape index (κ1) is 22.5. The van der Waals surface area contributed by atoms with Crippen molar-refractivity contribution in [2.24, 2.45) is 4.40 Å². The Labute approximate surface area is 198 Å². The van der Waals surface area contributed by atoms with E-state index in [2.05, 4.69) is 19.4 Å². The Bertz CT molecular complexity index is 1290. The molecular weight excluding hydrogens is 456 g/mol. The summed E-state index contributed by atoms with van der Waals surface area (Å²) in [5, 5.41) is 4.13. The van der Waals surface area contributed by atoms with Gasteiger partial charge in [-0.15, -0.1) is 4.40 Å². The number of hydrogen-bond donors (Lipinski definition) is 0. The predicted octanol–water partition coefficient (Wildman–Crippen LogP) is 1.75. The number of amides is 1. The quantitative estimate of drug-likeness (QED) is 0.648. The lowest BCUT2D eigenvalue weighted by Gasteiger charge is -2.38. The summed E-state index contributed by atoms with van der Waals surface area (Å²) in [7, 11) is -3.55. The monoisotopic (exact) mass is 482 g/mol. The Balaban J connectivity index is 1.24. The molecule has 4 heterocycles. The van der Waals surface area contributed by atoms with Gasteiger partial charge in [-0.05, 0) is 26.0 Å². The molecule has 34 heavy (non-hydrogen) atoms. The highest BCUT2D eigenvalue weighted by Crippen LogP contribution is 2.25. The first-order valence-electron chi connectivity index (χ1n) is 11.2. The average Bonchev–Trinajstić information content (AvgIpc) is 3.33. The molecule has 10 nitrogen and oxygen atoms in total. The smallest absolute Gasteiger partial charge is 0.257 e. The second-order valence-corrected chi connectivity index (χ2v) is 10.4. The van der Waals surface area contributed by atoms with Crippen LogP contribution in [0, 0.1) is 6.92 Å². The van der Waals surface area contributed by atoms with Crippen molar-refractivity contribution < 1.29 is 17.7 Å². The maximum Gasteiger partial charge on any atom is 0.257 e. The van der Waals surface area contributed by atoms with Gasteiger partial charge in [-0.25, -0.2) is 8.42 Å². The van der Waals surface area contributed by atoms with E-state index in [0.717, 1.165) is 11.1 Å². The van der Waals surface area contributed by atoms with Gasteiger partial charge in [-0.2, -0.15) is 4.98 Å². The second kappa shape index (κ2) is 8.80. The molecule has 1 aromatic carbocycles. The van der Waals surface area contributed by atoms with Crippen molar-refractivity contribution in [3.63, 3.8) is 0 Å². The van der Waals surface area contributed by atoms with Crippen LogP contribution in [0.1, 0.15) is 24.4 Å². The van der Waals surface area contributed by atoms with Crippen molar-refractivity contribution in [1.29, 1.82) is 0 Å². The number of nitrogens with zero attached hydrogens (tertiary/aromatic N) is 6. The minimum absolute atomic E-state index is 0.0554. The van der Waals surface area contributed by atoms with Gasteiger partial charge in [0.25, 0.3) is 15.9 Å². The van der Waals surface area contributed by atoms with E-state index in [1.54, 1.807) is 28.2 Å². The van der Waals surface area contributed by atoms with Gasteiger partial charge in [0.1, 0.15) is 0 Å². The van der Waals surface area contributed by atoms with Gasteiger partial charge >= 0.3 is 0 Å². The number of rotatable bonds is 4. The van der Waals surface area contributed by atoms with Crippen molar-refractivity contribution in [1.82, 2.24) is 24.8 Å². The predicted molar refractivity (Wildman–Crippen MR) is 126 cm³/mol. The summed E-state index contributed by atoms with van der Waals surface area (Å²) in [5.74, 6) is 1.04. The third kappa shape index (κ3) is 4.40. The highest BCUT2D eigenvalue weighted by atomic mass is 32.2. The lowest BCUT2D eigenvalue weighted by Crippen LogP contribution is -2.51. The van der Waals surface area contributed by atoms with Gasteiger partial charge in [-0.3, -0.25) is 9.69 Å². The molecule has 0 bridgehead atoms. The van der Waals surface area contributed by atoms with Gasteiger partial charge in [0.05, 0.1) is 17.4 Å². The summed E-state index contributed by atoms with van der Waals surface area (Å²) in [6, 6.07) is 7.87. The van der Waals surface area contributed by atoms with Crippen LogP contribution in [0.15, 0.2) is 57.1 Å². The van der Waals surface area contributed by atoms with Gasteiger partial charge in [0.15, 0.2) is 5.84 Å². The largest absolute Gasteiger partial charge is 0.337 e. The average molecular weight is 483 g/mol. The van der Waals surface area contributed by atoms with Crippen LogP contribution in [0.25, 0.3) is 11.4 Å². The van der Waals surface area contributed by atoms with Crippen LogP contribution in [0.5, 0.6) is 0 Å². The molecule has 2 aromatic rings. The Morgan fingerprint density at radius 2 is 1.82 bits per heavy atom. The molecule has 3 aliphatic rings. The van der Waals surface area contributed by atoms with Crippen LogP contribution in [0.3, 0.4) is 0 Å². The summed E-state index contributed by atoms with van der Waals surface area (Å²) in [4.78, 5) is 23.4. The lowest BCUT2D eigenvalue weighted by molar-refractivity contribution is -0.128. The SMILES string of the molecule is Cc1ccc(-c2noc(C(C)N3CCN(C(=O)C4=CC=CN5CCS(=O)(=O)N=C45)CC3)n2)cc1. The molecule has 0 radical (unpaired) electrons. The Morgan fingerprint density at radius 3 is 2.56 bits per heavy atom. The number of aryl methyl sites for hydroxylation is 1. The zero-order valence-corrected chi connectivity index (χ0v) is 19.9. The zero-order chi connectivity index (χ0) is 23.9. The maximum absolute atomic E-state index is 13.2. The lowest BCUT2D eigenvalue weighted by atomic mass is 10.1. The number of aromatic nitrogens is 2. The fourth-order valence-corrected chi connectivity index (χ4v) is 5.23. The van der Waals surface area contributed by atoms with E-state index in [4.69, 9.17) is 4.52 Å². The van der Waals surface area contributed by atoms with Gasteiger partial charge in [0.2, 0.25) is 11.7 Å². The standard InChI is InChI=1S/C23H26N6O4S/c1-16-5-7-18(8-6-16)20-24-22(33-25-20)17(2)27-10-12-29(13-11-27)23(30)19-4-3-9-28-14-15-34(31,32)26-21(19)28/h3-9,17H,10-15H2,1-2H3. The maximum atomic E-state index is 13.2. The minimum Gasteiger partial charge on any atom is -0.337 e. The van der Waals surface area contributed by atoms with E-state index in [-0.39, 0.29) is 23.5 Å². The van der Waals surface area contributed by atoms with Crippen molar-refractivity contribution >= 4 is 21.8 Å². The molecule has 1 unspecified atom stereocenters. The van der Waals surface area contributed by atoms with E-state index in [9.17, 15) is 13.2 Å². The Morgan fingerprint density at radius 1 is 1.09 bits per heavy atom. The Hall–Kier alpha value is -3.31. The number of hydrogen-bond acceptors (Lipinski definition) is 8. The molecule has 0 N–H and O–H groups in total. The number of amidine groups is 1. The van der Waals surface area contributed by atoms with Crippen LogP contribution < -0.4 is 0 Å². The highest BCUT2D eigenvalue weighted by molar-refractivity contribution is 7.90. The molecule has 1 amide bonds. The molecule has 0 spiro atoms. The summed E-state index contributed by atoms with van der Waals surface area (Å²) >= 11 is 0.